The molecule has 0 bridgehead atoms. The molecule has 1 nitrogen and oxygen atoms in total. The van der Waals surface area contributed by atoms with Crippen LogP contribution in [0.3, 0.4) is 0 Å². The van der Waals surface area contributed by atoms with Crippen molar-refractivity contribution < 1.29 is 4.79 Å². The molecule has 0 aliphatic carbocycles. The molecular weight excluding hydrogens is 147 g/mol. The Bertz CT molecular complexity index is 54.4. The van der Waals surface area contributed by atoms with E-state index in [0.717, 1.165) is 0 Å². The maximum atomic E-state index is 9.81. The first-order valence-electron chi connectivity index (χ1n) is 2.30. The van der Waals surface area contributed by atoms with Crippen LogP contribution in [0.5, 0.6) is 0 Å². The molecule has 0 rings (SSSR count). The van der Waals surface area contributed by atoms with Crippen LogP contribution < -0.4 is 0 Å². The molecule has 0 saturated carbocycles. The lowest BCUT2D eigenvalue weighted by molar-refractivity contribution is -0.116. The van der Waals surface area contributed by atoms with Crippen molar-refractivity contribution in [3.05, 3.63) is 0 Å². The zero-order chi connectivity index (χ0) is 6.99. The SMILES string of the molecule is CCC(C)=O.ClCCl. The minimum Gasteiger partial charge on any atom is -0.300 e. The molecular formula is C5H10Cl2O. The smallest absolute Gasteiger partial charge is 0.129 e. The number of hydrogen-bond donors (Lipinski definition) is 0. The van der Waals surface area contributed by atoms with Gasteiger partial charge in [0.1, 0.15) is 5.78 Å². The van der Waals surface area contributed by atoms with Crippen LogP contribution in [-0.2, 0) is 4.79 Å². The zero-order valence-corrected chi connectivity index (χ0v) is 6.59. The molecule has 0 saturated heterocycles. The first-order chi connectivity index (χ1) is 3.68. The van der Waals surface area contributed by atoms with E-state index in [-0.39, 0.29) is 11.1 Å². The summed E-state index contributed by atoms with van der Waals surface area (Å²) >= 11 is 9.53. The standard InChI is InChI=1S/C4H8O.CH2Cl2/c1-3-4(2)5;2-1-3/h3H2,1-2H3;1H2. The third-order valence-electron chi connectivity index (χ3n) is 0.498. The van der Waals surface area contributed by atoms with Gasteiger partial charge in [-0.25, -0.2) is 0 Å². The Kier molecular flexibility index (Phi) is 14.3. The summed E-state index contributed by atoms with van der Waals surface area (Å²) in [6.07, 6.45) is 0.667. The van der Waals surface area contributed by atoms with E-state index >= 15 is 0 Å². The van der Waals surface area contributed by atoms with Crippen LogP contribution in [0.25, 0.3) is 0 Å². The molecule has 0 heterocycles. The maximum Gasteiger partial charge on any atom is 0.129 e. The Balaban J connectivity index is 0. The van der Waals surface area contributed by atoms with Crippen LogP contribution >= 0.6 is 23.2 Å². The van der Waals surface area contributed by atoms with Gasteiger partial charge in [-0.3, -0.25) is 0 Å². The highest BCUT2D eigenvalue weighted by Crippen LogP contribution is 1.73. The Labute approximate surface area is 60.0 Å². The first-order valence-corrected chi connectivity index (χ1v) is 3.37. The molecule has 0 atom stereocenters. The monoisotopic (exact) mass is 156 g/mol. The molecule has 8 heavy (non-hydrogen) atoms. The summed E-state index contributed by atoms with van der Waals surface area (Å²) < 4.78 is 0. The van der Waals surface area contributed by atoms with Crippen LogP contribution in [0.4, 0.5) is 0 Å². The Morgan fingerprint density at radius 2 is 1.62 bits per heavy atom. The van der Waals surface area contributed by atoms with Crippen molar-refractivity contribution in [3.63, 3.8) is 0 Å². The largest absolute Gasteiger partial charge is 0.300 e. The summed E-state index contributed by atoms with van der Waals surface area (Å²) in [7, 11) is 0. The Morgan fingerprint density at radius 1 is 1.50 bits per heavy atom. The predicted molar refractivity (Wildman–Crippen MR) is 37.5 cm³/mol. The van der Waals surface area contributed by atoms with E-state index in [1.807, 2.05) is 6.92 Å². The van der Waals surface area contributed by atoms with Crippen LogP contribution in [0.2, 0.25) is 0 Å². The average Bonchev–Trinajstić information content (AvgIpc) is 1.69. The highest BCUT2D eigenvalue weighted by molar-refractivity contribution is 6.40. The van der Waals surface area contributed by atoms with Gasteiger partial charge in [0, 0.05) is 6.42 Å². The number of carbonyl (C=O) groups excluding carboxylic acids is 1. The second kappa shape index (κ2) is 10.3. The fraction of sp³-hybridized carbons (Fsp3) is 0.800. The molecule has 3 heteroatoms. The van der Waals surface area contributed by atoms with Crippen molar-refractivity contribution in [2.24, 2.45) is 0 Å². The quantitative estimate of drug-likeness (QED) is 0.534. The maximum absolute atomic E-state index is 9.81. The minimum atomic E-state index is 0.194. The van der Waals surface area contributed by atoms with Gasteiger partial charge < -0.3 is 4.79 Å². The number of ketones is 1. The van der Waals surface area contributed by atoms with Gasteiger partial charge in [0.2, 0.25) is 0 Å². The van der Waals surface area contributed by atoms with E-state index in [9.17, 15) is 4.79 Å². The molecule has 0 aliphatic rings. The lowest BCUT2D eigenvalue weighted by Crippen LogP contribution is -1.80. The van der Waals surface area contributed by atoms with E-state index in [4.69, 9.17) is 23.2 Å². The molecule has 0 radical (unpaired) electrons. The van der Waals surface area contributed by atoms with Gasteiger partial charge in [-0.1, -0.05) is 6.92 Å². The normalized spacial score (nSPS) is 7.00. The zero-order valence-electron chi connectivity index (χ0n) is 5.08. The van der Waals surface area contributed by atoms with Crippen LogP contribution in [0, 0.1) is 0 Å². The third-order valence-corrected chi connectivity index (χ3v) is 0.498. The number of hydrogen-bond acceptors (Lipinski definition) is 1. The summed E-state index contributed by atoms with van der Waals surface area (Å²) in [5.74, 6) is 0.255. The van der Waals surface area contributed by atoms with Crippen molar-refractivity contribution in [1.29, 1.82) is 0 Å². The third kappa shape index (κ3) is 34.0. The summed E-state index contributed by atoms with van der Waals surface area (Å²) in [5.41, 5.74) is 0. The number of alkyl halides is 2. The molecule has 50 valence electrons. The molecule has 0 spiro atoms. The highest BCUT2D eigenvalue weighted by Gasteiger charge is 1.76. The molecule has 0 aromatic carbocycles. The van der Waals surface area contributed by atoms with Gasteiger partial charge in [0.15, 0.2) is 0 Å². The molecule has 0 N–H and O–H groups in total. The minimum absolute atomic E-state index is 0.194. The van der Waals surface area contributed by atoms with Gasteiger partial charge >= 0.3 is 0 Å². The van der Waals surface area contributed by atoms with E-state index in [0.29, 0.717) is 6.42 Å². The Hall–Kier alpha value is 0.250. The summed E-state index contributed by atoms with van der Waals surface area (Å²) in [5, 5.41) is 0.194. The van der Waals surface area contributed by atoms with Crippen LogP contribution in [0.15, 0.2) is 0 Å². The fourth-order valence-electron chi connectivity index (χ4n) is 0. The second-order valence-corrected chi connectivity index (χ2v) is 1.96. The molecule has 0 aromatic heterocycles. The molecule has 0 aromatic rings. The second-order valence-electron chi connectivity index (χ2n) is 1.16. The van der Waals surface area contributed by atoms with E-state index in [1.165, 1.54) is 0 Å². The number of halogens is 2. The lowest BCUT2D eigenvalue weighted by Gasteiger charge is -1.71. The molecule has 0 aliphatic heterocycles. The van der Waals surface area contributed by atoms with Gasteiger partial charge in [-0.05, 0) is 6.92 Å². The average molecular weight is 157 g/mol. The molecule has 0 amide bonds. The van der Waals surface area contributed by atoms with E-state index in [1.54, 1.807) is 6.92 Å². The number of Topliss-reactive ketones (excluding diaryl/α,β-unsaturated/α-hetero) is 1. The summed E-state index contributed by atoms with van der Waals surface area (Å²) in [6.45, 7) is 3.43. The Morgan fingerprint density at radius 3 is 1.62 bits per heavy atom. The summed E-state index contributed by atoms with van der Waals surface area (Å²) in [6, 6.07) is 0. The van der Waals surface area contributed by atoms with Crippen LogP contribution in [0.1, 0.15) is 20.3 Å². The summed E-state index contributed by atoms with van der Waals surface area (Å²) in [4.78, 5) is 9.81. The predicted octanol–water partition coefficient (Wildman–Crippen LogP) is 2.41. The van der Waals surface area contributed by atoms with Gasteiger partial charge in [0.25, 0.3) is 0 Å². The first kappa shape index (κ1) is 11.1. The molecule has 0 fully saturated rings. The van der Waals surface area contributed by atoms with Crippen molar-refractivity contribution in [2.45, 2.75) is 20.3 Å². The van der Waals surface area contributed by atoms with Crippen molar-refractivity contribution in [1.82, 2.24) is 0 Å². The number of rotatable bonds is 1. The van der Waals surface area contributed by atoms with E-state index in [2.05, 4.69) is 0 Å². The van der Waals surface area contributed by atoms with Gasteiger partial charge in [-0.2, -0.15) is 0 Å². The molecule has 0 unspecified atom stereocenters. The number of carbonyl (C=O) groups is 1. The van der Waals surface area contributed by atoms with Gasteiger partial charge in [0.05, 0.1) is 5.34 Å². The van der Waals surface area contributed by atoms with Gasteiger partial charge in [-0.15, -0.1) is 23.2 Å². The van der Waals surface area contributed by atoms with Crippen molar-refractivity contribution >= 4 is 29.0 Å². The lowest BCUT2D eigenvalue weighted by atomic mass is 10.4. The fourth-order valence-corrected chi connectivity index (χ4v) is 0. The highest BCUT2D eigenvalue weighted by atomic mass is 35.5. The van der Waals surface area contributed by atoms with Crippen LogP contribution in [-0.4, -0.2) is 11.1 Å². The van der Waals surface area contributed by atoms with Crippen molar-refractivity contribution in [2.75, 3.05) is 5.34 Å². The topological polar surface area (TPSA) is 17.1 Å². The van der Waals surface area contributed by atoms with Crippen molar-refractivity contribution in [3.8, 4) is 0 Å². The van der Waals surface area contributed by atoms with E-state index < -0.39 is 0 Å².